The molecule has 0 aromatic carbocycles. The highest BCUT2D eigenvalue weighted by Gasteiger charge is 2.34. The Bertz CT molecular complexity index is 676. The van der Waals surface area contributed by atoms with Gasteiger partial charge in [-0.05, 0) is 55.4 Å². The molecule has 0 saturated carbocycles. The van der Waals surface area contributed by atoms with Gasteiger partial charge in [-0.2, -0.15) is 0 Å². The summed E-state index contributed by atoms with van der Waals surface area (Å²) in [6.07, 6.45) is 0.776. The van der Waals surface area contributed by atoms with Gasteiger partial charge in [0.15, 0.2) is 0 Å². The molecule has 0 radical (unpaired) electrons. The van der Waals surface area contributed by atoms with Crippen LogP contribution in [0.1, 0.15) is 66.9 Å². The van der Waals surface area contributed by atoms with Crippen molar-refractivity contribution in [3.05, 3.63) is 18.0 Å². The summed E-state index contributed by atoms with van der Waals surface area (Å²) in [5.74, 6) is -1.23. The van der Waals surface area contributed by atoms with Crippen molar-refractivity contribution >= 4 is 24.1 Å². The molecule has 9 heteroatoms. The van der Waals surface area contributed by atoms with Crippen LogP contribution in [0.5, 0.6) is 0 Å². The standard InChI is InChI=1S/C19H29N3O6/c1-9-26-14(23)12(2)13-10-20-15(21-11-13)22(16(24)27-18(3,4)5)17(25)28-19(6,7)8/h10-12H,9H2,1-8H3. The molecule has 9 nitrogen and oxygen atoms in total. The predicted molar refractivity (Wildman–Crippen MR) is 102 cm³/mol. The van der Waals surface area contributed by atoms with E-state index in [1.807, 2.05) is 0 Å². The summed E-state index contributed by atoms with van der Waals surface area (Å²) in [4.78, 5) is 45.7. The van der Waals surface area contributed by atoms with Gasteiger partial charge < -0.3 is 14.2 Å². The molecule has 28 heavy (non-hydrogen) atoms. The molecule has 0 aliphatic carbocycles. The molecule has 1 aromatic rings. The van der Waals surface area contributed by atoms with Crippen LogP contribution in [0.3, 0.4) is 0 Å². The third-order valence-corrected chi connectivity index (χ3v) is 3.15. The molecule has 1 rings (SSSR count). The van der Waals surface area contributed by atoms with E-state index in [0.717, 1.165) is 0 Å². The van der Waals surface area contributed by atoms with Gasteiger partial charge in [0.2, 0.25) is 5.95 Å². The van der Waals surface area contributed by atoms with E-state index in [4.69, 9.17) is 14.2 Å². The highest BCUT2D eigenvalue weighted by atomic mass is 16.6. The van der Waals surface area contributed by atoms with Gasteiger partial charge in [-0.1, -0.05) is 0 Å². The average molecular weight is 395 g/mol. The van der Waals surface area contributed by atoms with Crippen LogP contribution in [0.25, 0.3) is 0 Å². The van der Waals surface area contributed by atoms with Crippen molar-refractivity contribution in [2.75, 3.05) is 11.5 Å². The fourth-order valence-corrected chi connectivity index (χ4v) is 1.93. The fraction of sp³-hybridized carbons (Fsp3) is 0.632. The monoisotopic (exact) mass is 395 g/mol. The third-order valence-electron chi connectivity index (χ3n) is 3.15. The molecule has 1 unspecified atom stereocenters. The lowest BCUT2D eigenvalue weighted by atomic mass is 10.1. The first-order valence-corrected chi connectivity index (χ1v) is 9.00. The van der Waals surface area contributed by atoms with Gasteiger partial charge in [0, 0.05) is 18.0 Å². The van der Waals surface area contributed by atoms with E-state index >= 15 is 0 Å². The number of anilines is 1. The van der Waals surface area contributed by atoms with Crippen LogP contribution >= 0.6 is 0 Å². The quantitative estimate of drug-likeness (QED) is 0.559. The number of hydrogen-bond acceptors (Lipinski definition) is 8. The molecule has 0 N–H and O–H groups in total. The Kier molecular flexibility index (Phi) is 7.49. The van der Waals surface area contributed by atoms with Crippen LogP contribution in [0, 0.1) is 0 Å². The smallest absolute Gasteiger partial charge is 0.427 e. The maximum Gasteiger partial charge on any atom is 0.427 e. The first-order valence-electron chi connectivity index (χ1n) is 9.00. The first-order chi connectivity index (χ1) is 12.7. The number of rotatable bonds is 4. The van der Waals surface area contributed by atoms with E-state index in [0.29, 0.717) is 10.5 Å². The molecule has 0 saturated heterocycles. The molecule has 0 aliphatic heterocycles. The second-order valence-electron chi connectivity index (χ2n) is 8.09. The normalized spacial score (nSPS) is 12.7. The Balaban J connectivity index is 3.18. The van der Waals surface area contributed by atoms with Crippen LogP contribution < -0.4 is 4.90 Å². The van der Waals surface area contributed by atoms with E-state index in [9.17, 15) is 14.4 Å². The topological polar surface area (TPSA) is 108 Å². The Hall–Kier alpha value is -2.71. The van der Waals surface area contributed by atoms with Gasteiger partial charge in [-0.15, -0.1) is 4.90 Å². The van der Waals surface area contributed by atoms with Crippen molar-refractivity contribution in [3.63, 3.8) is 0 Å². The zero-order chi connectivity index (χ0) is 21.7. The molecular formula is C19H29N3O6. The van der Waals surface area contributed by atoms with Gasteiger partial charge in [0.05, 0.1) is 12.5 Å². The average Bonchev–Trinajstić information content (AvgIpc) is 2.51. The summed E-state index contributed by atoms with van der Waals surface area (Å²) in [5, 5.41) is 0. The third kappa shape index (κ3) is 7.13. The van der Waals surface area contributed by atoms with Crippen molar-refractivity contribution in [2.24, 2.45) is 0 Å². The Labute approximate surface area is 165 Å². The second-order valence-corrected chi connectivity index (χ2v) is 8.09. The van der Waals surface area contributed by atoms with Crippen LogP contribution in [0.4, 0.5) is 15.5 Å². The van der Waals surface area contributed by atoms with E-state index in [-0.39, 0.29) is 12.6 Å². The lowest BCUT2D eigenvalue weighted by Gasteiger charge is -2.27. The van der Waals surface area contributed by atoms with E-state index in [1.54, 1.807) is 55.4 Å². The Morgan fingerprint density at radius 1 is 0.964 bits per heavy atom. The van der Waals surface area contributed by atoms with Crippen LogP contribution in [0.2, 0.25) is 0 Å². The highest BCUT2D eigenvalue weighted by molar-refractivity contribution is 6.08. The van der Waals surface area contributed by atoms with Crippen molar-refractivity contribution < 1.29 is 28.6 Å². The molecule has 0 fully saturated rings. The van der Waals surface area contributed by atoms with Crippen molar-refractivity contribution in [2.45, 2.75) is 72.5 Å². The number of carbonyl (C=O) groups is 3. The number of hydrogen-bond donors (Lipinski definition) is 0. The summed E-state index contributed by atoms with van der Waals surface area (Å²) in [7, 11) is 0. The van der Waals surface area contributed by atoms with E-state index in [2.05, 4.69) is 9.97 Å². The van der Waals surface area contributed by atoms with Crippen LogP contribution in [-0.2, 0) is 19.0 Å². The molecular weight excluding hydrogens is 366 g/mol. The maximum atomic E-state index is 12.5. The lowest BCUT2D eigenvalue weighted by molar-refractivity contribution is -0.144. The van der Waals surface area contributed by atoms with Crippen molar-refractivity contribution in [1.82, 2.24) is 9.97 Å². The van der Waals surface area contributed by atoms with E-state index in [1.165, 1.54) is 12.4 Å². The van der Waals surface area contributed by atoms with Crippen molar-refractivity contribution in [1.29, 1.82) is 0 Å². The molecule has 1 heterocycles. The van der Waals surface area contributed by atoms with Gasteiger partial charge in [-0.3, -0.25) is 4.79 Å². The largest absolute Gasteiger partial charge is 0.466 e. The molecule has 156 valence electrons. The lowest BCUT2D eigenvalue weighted by Crippen LogP contribution is -2.44. The number of ether oxygens (including phenoxy) is 3. The fourth-order valence-electron chi connectivity index (χ4n) is 1.93. The molecule has 1 aromatic heterocycles. The van der Waals surface area contributed by atoms with Crippen LogP contribution in [0.15, 0.2) is 12.4 Å². The minimum atomic E-state index is -0.965. The highest BCUT2D eigenvalue weighted by Crippen LogP contribution is 2.21. The zero-order valence-electron chi connectivity index (χ0n) is 17.7. The Morgan fingerprint density at radius 2 is 1.39 bits per heavy atom. The first kappa shape index (κ1) is 23.3. The molecule has 2 amide bonds. The van der Waals surface area contributed by atoms with Gasteiger partial charge in [-0.25, -0.2) is 19.6 Å². The predicted octanol–water partition coefficient (Wildman–Crippen LogP) is 3.82. The van der Waals surface area contributed by atoms with Crippen molar-refractivity contribution in [3.8, 4) is 0 Å². The summed E-state index contributed by atoms with van der Waals surface area (Å²) in [6, 6.07) is 0. The number of amides is 2. The van der Waals surface area contributed by atoms with Gasteiger partial charge >= 0.3 is 18.2 Å². The summed E-state index contributed by atoms with van der Waals surface area (Å²) in [5.41, 5.74) is -1.19. The SMILES string of the molecule is CCOC(=O)C(C)c1cnc(N(C(=O)OC(C)(C)C)C(=O)OC(C)(C)C)nc1. The number of nitrogens with zero attached hydrogens (tertiary/aromatic N) is 3. The Morgan fingerprint density at radius 3 is 1.75 bits per heavy atom. The number of imide groups is 1. The maximum absolute atomic E-state index is 12.5. The van der Waals surface area contributed by atoms with Crippen LogP contribution in [-0.4, -0.2) is 45.9 Å². The van der Waals surface area contributed by atoms with Gasteiger partial charge in [0.1, 0.15) is 11.2 Å². The second kappa shape index (κ2) is 8.99. The molecule has 0 spiro atoms. The number of carbonyl (C=O) groups excluding carboxylic acids is 3. The molecule has 0 aliphatic rings. The summed E-state index contributed by atoms with van der Waals surface area (Å²) >= 11 is 0. The minimum Gasteiger partial charge on any atom is -0.466 e. The number of esters is 1. The molecule has 0 bridgehead atoms. The molecule has 1 atom stereocenters. The summed E-state index contributed by atoms with van der Waals surface area (Å²) < 4.78 is 15.5. The zero-order valence-corrected chi connectivity index (χ0v) is 17.7. The van der Waals surface area contributed by atoms with Gasteiger partial charge in [0.25, 0.3) is 0 Å². The van der Waals surface area contributed by atoms with E-state index < -0.39 is 35.3 Å². The minimum absolute atomic E-state index is 0.219. The number of aromatic nitrogens is 2. The summed E-state index contributed by atoms with van der Waals surface area (Å²) in [6.45, 7) is 13.6.